The molecule has 3 saturated carbocycles. The summed E-state index contributed by atoms with van der Waals surface area (Å²) < 4.78 is 17.6. The smallest absolute Gasteiger partial charge is 0.252 e. The van der Waals surface area contributed by atoms with Crippen molar-refractivity contribution < 1.29 is 34.3 Å². The Hall–Kier alpha value is -8.76. The summed E-state index contributed by atoms with van der Waals surface area (Å²) in [5.74, 6) is 2.05. The van der Waals surface area contributed by atoms with E-state index in [1.54, 1.807) is 6.20 Å². The number of aryl methyl sites for hydroxylation is 3. The maximum atomic E-state index is 13.3. The average molecular weight is 1250 g/mol. The van der Waals surface area contributed by atoms with Gasteiger partial charge in [-0.2, -0.15) is 0 Å². The number of likely N-dealkylation sites (tertiary alicyclic amines) is 1. The van der Waals surface area contributed by atoms with Crippen molar-refractivity contribution in [2.75, 3.05) is 67.6 Å². The maximum absolute atomic E-state index is 13.3. The minimum absolute atomic E-state index is 0. The number of hydrogen-bond acceptors (Lipinski definition) is 12. The molecule has 0 spiro atoms. The molecule has 1 atom stereocenters. The number of carbonyl (C=O) groups is 3. The zero-order valence-corrected chi connectivity index (χ0v) is 55.8. The molecule has 0 radical (unpaired) electrons. The lowest BCUT2D eigenvalue weighted by atomic mass is 9.97. The van der Waals surface area contributed by atoms with E-state index in [9.17, 15) is 14.4 Å². The Morgan fingerprint density at radius 3 is 1.43 bits per heavy atom. The van der Waals surface area contributed by atoms with Gasteiger partial charge in [0.25, 0.3) is 17.7 Å². The van der Waals surface area contributed by atoms with Crippen LogP contribution in [0.4, 0.5) is 0 Å². The van der Waals surface area contributed by atoms with Gasteiger partial charge in [0.15, 0.2) is 0 Å². The number of nitrogens with zero attached hydrogens (tertiary/aromatic N) is 5. The fourth-order valence-electron chi connectivity index (χ4n) is 12.0. The molecule has 6 aromatic carbocycles. The molecule has 4 fully saturated rings. The number of carbonyl (C=O) groups excluding carboxylic acids is 3. The van der Waals surface area contributed by atoms with Gasteiger partial charge in [-0.3, -0.25) is 29.3 Å². The summed E-state index contributed by atoms with van der Waals surface area (Å²) in [6.07, 6.45) is 17.2. The van der Waals surface area contributed by atoms with Gasteiger partial charge in [0.2, 0.25) is 0 Å². The third-order valence-electron chi connectivity index (χ3n) is 17.8. The quantitative estimate of drug-likeness (QED) is 0.0533. The maximum Gasteiger partial charge on any atom is 0.252 e. The lowest BCUT2D eigenvalue weighted by Gasteiger charge is -2.22. The highest BCUT2D eigenvalue weighted by atomic mass is 16.5. The normalized spacial score (nSPS) is 16.0. The molecule has 3 amide bonds. The van der Waals surface area contributed by atoms with Crippen LogP contribution >= 0.6 is 0 Å². The van der Waals surface area contributed by atoms with Crippen LogP contribution in [-0.4, -0.2) is 116 Å². The average Bonchev–Trinajstić information content (AvgIpc) is 1.61. The van der Waals surface area contributed by atoms with Gasteiger partial charge in [-0.1, -0.05) is 100 Å². The van der Waals surface area contributed by atoms with Crippen LogP contribution in [0.25, 0.3) is 32.4 Å². The Labute approximate surface area is 550 Å². The number of aromatic nitrogens is 3. The van der Waals surface area contributed by atoms with Gasteiger partial charge in [-0.15, -0.1) is 0 Å². The molecule has 3 aliphatic carbocycles. The second kappa shape index (κ2) is 31.0. The summed E-state index contributed by atoms with van der Waals surface area (Å²) in [4.78, 5) is 56.9. The summed E-state index contributed by atoms with van der Waals surface area (Å²) in [6, 6.07) is 44.3. The monoisotopic (exact) mass is 1250 g/mol. The van der Waals surface area contributed by atoms with Gasteiger partial charge in [-0.05, 0) is 212 Å². The van der Waals surface area contributed by atoms with Gasteiger partial charge < -0.3 is 45.3 Å². The predicted octanol–water partition coefficient (Wildman–Crippen LogP) is 14.9. The summed E-state index contributed by atoms with van der Waals surface area (Å²) in [6.45, 7) is 18.4. The molecule has 15 nitrogen and oxygen atoms in total. The molecular formula is C77H101N9O6. The molecule has 13 rings (SSSR count). The number of ether oxygens (including phenoxy) is 3. The van der Waals surface area contributed by atoms with Gasteiger partial charge in [0.05, 0.1) is 22.1 Å². The number of amides is 3. The first-order valence-corrected chi connectivity index (χ1v) is 32.9. The SMILES string of the molecule is CC.CC.CNCCOc1ccc(C)c(C(=O)NC2(c3cccc4cnccc34)CC2)c1.Cc1ccc(OCCN(C)C)cc1C(=O)NC1(c2cccc3cnccc23)CC1.Cc1ccc(OC[C@H]2CCCN2C)cc1C(=O)NC1(c2cccc3ncccc23)CC1.[HH].[HH].[HH].[HH]. The van der Waals surface area contributed by atoms with Gasteiger partial charge in [0.1, 0.15) is 37.1 Å². The minimum atomic E-state index is -0.310. The second-order valence-electron chi connectivity index (χ2n) is 24.4. The fraction of sp³-hybridized carbons (Fsp3) is 0.377. The molecule has 92 heavy (non-hydrogen) atoms. The minimum Gasteiger partial charge on any atom is -0.492 e. The second-order valence-corrected chi connectivity index (χ2v) is 24.4. The van der Waals surface area contributed by atoms with Crippen molar-refractivity contribution in [3.8, 4) is 17.2 Å². The largest absolute Gasteiger partial charge is 0.492 e. The predicted molar refractivity (Wildman–Crippen MR) is 380 cm³/mol. The fourth-order valence-corrected chi connectivity index (χ4v) is 12.0. The van der Waals surface area contributed by atoms with E-state index in [1.807, 2.05) is 191 Å². The zero-order chi connectivity index (χ0) is 65.4. The van der Waals surface area contributed by atoms with Crippen LogP contribution in [0.1, 0.15) is 149 Å². The molecule has 9 aromatic rings. The highest BCUT2D eigenvalue weighted by Crippen LogP contribution is 2.50. The standard InChI is InChI=1S/C26H29N3O2.C24H27N3O2.C23H25N3O2.2C2H6.4H2/c1-18-10-11-20(31-17-19-6-5-15-29(19)2)16-22(18)25(30)28-26(12-13-26)23-8-3-9-24-21(23)7-4-14-27-24;1-17-7-8-19(29-14-13-27(2)3)15-21(17)23(28)26-24(10-11-24)22-6-4-5-18-16-25-12-9-20(18)22;1-16-6-7-18(28-13-12-24-2)14-20(16)22(27)26-23(9-10-23)21-5-3-4-17-15-25-11-8-19(17)21;2*1-2;;;;/h3-4,7-11,14,16,19H,5-6,12-13,15,17H2,1-2H3,(H,28,30);4-9,12,15-16H,10-11,13-14H2,1-3H3,(H,26,28);3-8,11,14-15,24H,9-10,12-13H2,1-2H3,(H,26,27);2*1-2H3;4*1H/t19-;;;;;;;;/m1......../s1. The lowest BCUT2D eigenvalue weighted by Crippen LogP contribution is -2.35. The first kappa shape index (κ1) is 67.6. The molecule has 490 valence electrons. The van der Waals surface area contributed by atoms with Gasteiger partial charge in [-0.25, -0.2) is 0 Å². The first-order chi connectivity index (χ1) is 44.7. The molecule has 4 heterocycles. The van der Waals surface area contributed by atoms with Crippen LogP contribution in [0.2, 0.25) is 0 Å². The number of rotatable bonds is 20. The Morgan fingerprint density at radius 1 is 0.554 bits per heavy atom. The Morgan fingerprint density at radius 2 is 1.00 bits per heavy atom. The van der Waals surface area contributed by atoms with Crippen LogP contribution in [0.15, 0.2) is 164 Å². The van der Waals surface area contributed by atoms with Crippen molar-refractivity contribution in [2.24, 2.45) is 0 Å². The summed E-state index contributed by atoms with van der Waals surface area (Å²) >= 11 is 0. The molecule has 0 bridgehead atoms. The van der Waals surface area contributed by atoms with E-state index in [0.717, 1.165) is 131 Å². The molecule has 1 aliphatic heterocycles. The number of hydrogen-bond donors (Lipinski definition) is 4. The zero-order valence-electron chi connectivity index (χ0n) is 55.8. The summed E-state index contributed by atoms with van der Waals surface area (Å²) in [7, 11) is 8.05. The number of nitrogens with one attached hydrogen (secondary N) is 4. The van der Waals surface area contributed by atoms with Crippen LogP contribution in [0.3, 0.4) is 0 Å². The molecule has 3 aromatic heterocycles. The van der Waals surface area contributed by atoms with Crippen molar-refractivity contribution in [1.82, 2.24) is 46.0 Å². The van der Waals surface area contributed by atoms with Gasteiger partial charge in [0, 0.05) is 88.7 Å². The van der Waals surface area contributed by atoms with E-state index < -0.39 is 0 Å². The van der Waals surface area contributed by atoms with Crippen molar-refractivity contribution in [3.63, 3.8) is 0 Å². The first-order valence-electron chi connectivity index (χ1n) is 32.9. The van der Waals surface area contributed by atoms with E-state index in [2.05, 4.69) is 89.5 Å². The Balaban J connectivity index is 0.000000249. The van der Waals surface area contributed by atoms with Crippen LogP contribution in [0, 0.1) is 20.8 Å². The Kier molecular flexibility index (Phi) is 22.8. The van der Waals surface area contributed by atoms with Crippen LogP contribution < -0.4 is 35.5 Å². The topological polar surface area (TPSA) is 172 Å². The summed E-state index contributed by atoms with van der Waals surface area (Å²) in [5, 5.41) is 18.6. The number of benzene rings is 6. The molecular weight excluding hydrogens is 1150 g/mol. The van der Waals surface area contributed by atoms with E-state index >= 15 is 0 Å². The lowest BCUT2D eigenvalue weighted by molar-refractivity contribution is 0.0921. The molecule has 0 unspecified atom stereocenters. The van der Waals surface area contributed by atoms with Gasteiger partial charge >= 0.3 is 0 Å². The molecule has 4 aliphatic rings. The van der Waals surface area contributed by atoms with Crippen molar-refractivity contribution in [3.05, 3.63) is 215 Å². The highest BCUT2D eigenvalue weighted by molar-refractivity contribution is 5.99. The van der Waals surface area contributed by atoms with Crippen molar-refractivity contribution in [2.45, 2.75) is 122 Å². The van der Waals surface area contributed by atoms with E-state index in [4.69, 9.17) is 14.2 Å². The molecule has 4 N–H and O–H groups in total. The van der Waals surface area contributed by atoms with E-state index in [-0.39, 0.29) is 40.0 Å². The number of fused-ring (bicyclic) bond motifs is 3. The van der Waals surface area contributed by atoms with E-state index in [0.29, 0.717) is 48.3 Å². The van der Waals surface area contributed by atoms with Crippen LogP contribution in [-0.2, 0) is 16.6 Å². The summed E-state index contributed by atoms with van der Waals surface area (Å²) in [5.41, 5.74) is 8.40. The third kappa shape index (κ3) is 16.3. The van der Waals surface area contributed by atoms with Crippen molar-refractivity contribution >= 4 is 50.2 Å². The highest BCUT2D eigenvalue weighted by Gasteiger charge is 2.49. The molecule has 1 saturated heterocycles. The van der Waals surface area contributed by atoms with Crippen LogP contribution in [0.5, 0.6) is 17.2 Å². The third-order valence-corrected chi connectivity index (χ3v) is 17.8. The number of likely N-dealkylation sites (N-methyl/N-ethyl adjacent to an activating group) is 3. The number of pyridine rings is 3. The Bertz CT molecular complexity index is 4000. The van der Waals surface area contributed by atoms with E-state index in [1.165, 1.54) is 17.5 Å². The van der Waals surface area contributed by atoms with Crippen molar-refractivity contribution in [1.29, 1.82) is 0 Å². The molecule has 15 heteroatoms.